The van der Waals surface area contributed by atoms with E-state index in [0.717, 1.165) is 0 Å². The molecule has 0 rings (SSSR count). The molecular weight excluding hydrogens is 234 g/mol. The fraction of sp³-hybridized carbons (Fsp3) is 0.846. The van der Waals surface area contributed by atoms with Crippen LogP contribution in [0.5, 0.6) is 0 Å². The Labute approximate surface area is 109 Å². The van der Waals surface area contributed by atoms with Gasteiger partial charge < -0.3 is 15.2 Å². The Morgan fingerprint density at radius 3 is 2.28 bits per heavy atom. The molecule has 0 aliphatic carbocycles. The largest absolute Gasteiger partial charge is 0.481 e. The minimum absolute atomic E-state index is 0.0150. The number of carboxylic acid groups (broad SMARTS) is 1. The molecule has 0 heterocycles. The minimum atomic E-state index is -1.03. The number of nitrogens with one attached hydrogen (secondary N) is 1. The summed E-state index contributed by atoms with van der Waals surface area (Å²) in [4.78, 5) is 23.0. The van der Waals surface area contributed by atoms with Crippen molar-refractivity contribution in [3.63, 3.8) is 0 Å². The average molecular weight is 259 g/mol. The van der Waals surface area contributed by atoms with Crippen LogP contribution in [0.1, 0.15) is 41.0 Å². The first-order valence-electron chi connectivity index (χ1n) is 6.35. The molecule has 0 aromatic carbocycles. The summed E-state index contributed by atoms with van der Waals surface area (Å²) in [7, 11) is 0. The van der Waals surface area contributed by atoms with E-state index in [-0.39, 0.29) is 24.3 Å². The summed E-state index contributed by atoms with van der Waals surface area (Å²) < 4.78 is 5.29. The Morgan fingerprint density at radius 2 is 1.89 bits per heavy atom. The van der Waals surface area contributed by atoms with Crippen LogP contribution in [0.4, 0.5) is 0 Å². The van der Waals surface area contributed by atoms with Crippen molar-refractivity contribution in [3.05, 3.63) is 0 Å². The number of hydrogen-bond donors (Lipinski definition) is 2. The zero-order valence-electron chi connectivity index (χ0n) is 11.9. The lowest BCUT2D eigenvalue weighted by molar-refractivity contribution is -0.153. The van der Waals surface area contributed by atoms with Crippen molar-refractivity contribution in [3.8, 4) is 0 Å². The van der Waals surface area contributed by atoms with Crippen molar-refractivity contribution in [2.24, 2.45) is 11.3 Å². The van der Waals surface area contributed by atoms with E-state index < -0.39 is 11.4 Å². The molecule has 5 nitrogen and oxygen atoms in total. The van der Waals surface area contributed by atoms with Gasteiger partial charge >= 0.3 is 5.97 Å². The molecule has 0 saturated carbocycles. The van der Waals surface area contributed by atoms with Gasteiger partial charge in [0.2, 0.25) is 5.91 Å². The quantitative estimate of drug-likeness (QED) is 0.695. The van der Waals surface area contributed by atoms with Crippen molar-refractivity contribution in [2.45, 2.75) is 47.1 Å². The van der Waals surface area contributed by atoms with Crippen LogP contribution < -0.4 is 5.32 Å². The lowest BCUT2D eigenvalue weighted by atomic mass is 9.76. The van der Waals surface area contributed by atoms with Crippen LogP contribution in [0.25, 0.3) is 0 Å². The summed E-state index contributed by atoms with van der Waals surface area (Å²) >= 11 is 0. The van der Waals surface area contributed by atoms with Crippen LogP contribution in [0.15, 0.2) is 0 Å². The maximum atomic E-state index is 11.7. The number of amides is 1. The maximum Gasteiger partial charge on any atom is 0.310 e. The van der Waals surface area contributed by atoms with Crippen molar-refractivity contribution in [2.75, 3.05) is 13.2 Å². The molecule has 0 radical (unpaired) electrons. The fourth-order valence-electron chi connectivity index (χ4n) is 1.52. The first-order chi connectivity index (χ1) is 8.24. The summed E-state index contributed by atoms with van der Waals surface area (Å²) in [5.41, 5.74) is -1.03. The predicted octanol–water partition coefficient (Wildman–Crippen LogP) is 1.66. The van der Waals surface area contributed by atoms with Crippen molar-refractivity contribution < 1.29 is 19.4 Å². The normalized spacial score (nSPS) is 16.1. The second kappa shape index (κ2) is 7.36. The number of carbonyl (C=O) groups is 2. The SMILES string of the molecule is CCOC(C)CNC(=O)CC(C)(C(=O)O)C(C)C. The Balaban J connectivity index is 4.33. The topological polar surface area (TPSA) is 75.6 Å². The average Bonchev–Trinajstić information content (AvgIpc) is 2.26. The highest BCUT2D eigenvalue weighted by Gasteiger charge is 2.38. The van der Waals surface area contributed by atoms with E-state index in [2.05, 4.69) is 5.32 Å². The van der Waals surface area contributed by atoms with E-state index in [4.69, 9.17) is 4.74 Å². The molecule has 0 aliphatic heterocycles. The monoisotopic (exact) mass is 259 g/mol. The lowest BCUT2D eigenvalue weighted by Gasteiger charge is -2.28. The molecule has 0 fully saturated rings. The van der Waals surface area contributed by atoms with Gasteiger partial charge in [-0.1, -0.05) is 13.8 Å². The molecule has 0 aromatic rings. The Hall–Kier alpha value is -1.10. The highest BCUT2D eigenvalue weighted by Crippen LogP contribution is 2.31. The first kappa shape index (κ1) is 16.9. The highest BCUT2D eigenvalue weighted by molar-refractivity contribution is 5.84. The van der Waals surface area contributed by atoms with E-state index in [1.165, 1.54) is 0 Å². The van der Waals surface area contributed by atoms with Crippen molar-refractivity contribution >= 4 is 11.9 Å². The van der Waals surface area contributed by atoms with E-state index in [1.54, 1.807) is 6.92 Å². The smallest absolute Gasteiger partial charge is 0.310 e. The minimum Gasteiger partial charge on any atom is -0.481 e. The van der Waals surface area contributed by atoms with Crippen LogP contribution in [0, 0.1) is 11.3 Å². The number of ether oxygens (including phenoxy) is 1. The first-order valence-corrected chi connectivity index (χ1v) is 6.35. The van der Waals surface area contributed by atoms with Gasteiger partial charge in [0.15, 0.2) is 0 Å². The zero-order chi connectivity index (χ0) is 14.3. The molecule has 0 saturated heterocycles. The second-order valence-electron chi connectivity index (χ2n) is 5.12. The molecule has 0 spiro atoms. The highest BCUT2D eigenvalue weighted by atomic mass is 16.5. The molecule has 0 aromatic heterocycles. The summed E-state index contributed by atoms with van der Waals surface area (Å²) in [6.45, 7) is 9.97. The van der Waals surface area contributed by atoms with E-state index in [9.17, 15) is 14.7 Å². The number of aliphatic carboxylic acids is 1. The third-order valence-corrected chi connectivity index (χ3v) is 3.33. The standard InChI is InChI=1S/C13H25NO4/c1-6-18-10(4)8-14-11(15)7-13(5,9(2)3)12(16)17/h9-10H,6-8H2,1-5H3,(H,14,15)(H,16,17). The third kappa shape index (κ3) is 5.04. The third-order valence-electron chi connectivity index (χ3n) is 3.33. The van der Waals surface area contributed by atoms with Gasteiger partial charge in [-0.25, -0.2) is 0 Å². The number of rotatable bonds is 8. The zero-order valence-corrected chi connectivity index (χ0v) is 11.9. The summed E-state index contributed by atoms with van der Waals surface area (Å²) in [6, 6.07) is 0. The molecule has 18 heavy (non-hydrogen) atoms. The molecular formula is C13H25NO4. The number of carboxylic acids is 1. The number of hydrogen-bond acceptors (Lipinski definition) is 3. The van der Waals surface area contributed by atoms with Crippen molar-refractivity contribution in [1.82, 2.24) is 5.32 Å². The van der Waals surface area contributed by atoms with Crippen LogP contribution >= 0.6 is 0 Å². The van der Waals surface area contributed by atoms with E-state index in [1.807, 2.05) is 27.7 Å². The maximum absolute atomic E-state index is 11.7. The van der Waals surface area contributed by atoms with Gasteiger partial charge in [0.05, 0.1) is 11.5 Å². The van der Waals surface area contributed by atoms with Gasteiger partial charge in [-0.05, 0) is 26.7 Å². The van der Waals surface area contributed by atoms with Crippen LogP contribution in [-0.4, -0.2) is 36.2 Å². The predicted molar refractivity (Wildman–Crippen MR) is 69.3 cm³/mol. The van der Waals surface area contributed by atoms with Crippen LogP contribution in [0.2, 0.25) is 0 Å². The Morgan fingerprint density at radius 1 is 1.33 bits per heavy atom. The van der Waals surface area contributed by atoms with Gasteiger partial charge in [-0.3, -0.25) is 9.59 Å². The molecule has 2 atom stereocenters. The van der Waals surface area contributed by atoms with E-state index >= 15 is 0 Å². The van der Waals surface area contributed by atoms with Gasteiger partial charge in [0.1, 0.15) is 0 Å². The Kier molecular flexibility index (Phi) is 6.91. The molecule has 106 valence electrons. The lowest BCUT2D eigenvalue weighted by Crippen LogP contribution is -2.41. The molecule has 5 heteroatoms. The van der Waals surface area contributed by atoms with Gasteiger partial charge in [0.25, 0.3) is 0 Å². The van der Waals surface area contributed by atoms with Crippen LogP contribution in [-0.2, 0) is 14.3 Å². The van der Waals surface area contributed by atoms with Gasteiger partial charge in [-0.2, -0.15) is 0 Å². The molecule has 0 aliphatic rings. The Bertz CT molecular complexity index is 291. The molecule has 2 unspecified atom stereocenters. The molecule has 1 amide bonds. The van der Waals surface area contributed by atoms with Gasteiger partial charge in [-0.15, -0.1) is 0 Å². The second-order valence-corrected chi connectivity index (χ2v) is 5.12. The van der Waals surface area contributed by atoms with Crippen molar-refractivity contribution in [1.29, 1.82) is 0 Å². The van der Waals surface area contributed by atoms with Gasteiger partial charge in [0, 0.05) is 19.6 Å². The summed E-state index contributed by atoms with van der Waals surface area (Å²) in [5, 5.41) is 11.9. The number of carbonyl (C=O) groups excluding carboxylic acids is 1. The molecule has 0 bridgehead atoms. The molecule has 2 N–H and O–H groups in total. The van der Waals surface area contributed by atoms with Crippen LogP contribution in [0.3, 0.4) is 0 Å². The summed E-state index contributed by atoms with van der Waals surface area (Å²) in [6.07, 6.45) is -0.0761. The van der Waals surface area contributed by atoms with E-state index in [0.29, 0.717) is 13.2 Å². The summed E-state index contributed by atoms with van der Waals surface area (Å²) in [5.74, 6) is -1.30. The fourth-order valence-corrected chi connectivity index (χ4v) is 1.52.